The lowest BCUT2D eigenvalue weighted by molar-refractivity contribution is 0.103. The van der Waals surface area contributed by atoms with Gasteiger partial charge in [0.25, 0.3) is 0 Å². The van der Waals surface area contributed by atoms with Crippen molar-refractivity contribution in [3.8, 4) is 10.4 Å². The van der Waals surface area contributed by atoms with Gasteiger partial charge in [0.05, 0.1) is 22.1 Å². The van der Waals surface area contributed by atoms with E-state index in [1.54, 1.807) is 23.3 Å². The molecule has 2 aliphatic carbocycles. The minimum Gasteiger partial charge on any atom is -0.447 e. The van der Waals surface area contributed by atoms with Crippen LogP contribution in [0.2, 0.25) is 0 Å². The van der Waals surface area contributed by atoms with Crippen molar-refractivity contribution in [2.75, 3.05) is 5.32 Å². The van der Waals surface area contributed by atoms with Crippen LogP contribution in [0.3, 0.4) is 0 Å². The van der Waals surface area contributed by atoms with Gasteiger partial charge in [-0.15, -0.1) is 11.3 Å². The quantitative estimate of drug-likeness (QED) is 0.280. The van der Waals surface area contributed by atoms with Crippen LogP contribution in [0.1, 0.15) is 85.1 Å². The summed E-state index contributed by atoms with van der Waals surface area (Å²) < 4.78 is 14.1. The molecule has 0 saturated heterocycles. The fraction of sp³-hybridized carbons (Fsp3) is 0.621. The average Bonchev–Trinajstić information content (AvgIpc) is 3.38. The van der Waals surface area contributed by atoms with Crippen molar-refractivity contribution < 1.29 is 19.1 Å². The largest absolute Gasteiger partial charge is 0.447 e. The van der Waals surface area contributed by atoms with Crippen molar-refractivity contribution in [1.82, 2.24) is 15.0 Å². The molecule has 8 nitrogen and oxygen atoms in total. The molecule has 1 aromatic heterocycles. The smallest absolute Gasteiger partial charge is 0.411 e. The van der Waals surface area contributed by atoms with Gasteiger partial charge >= 0.3 is 12.2 Å². The van der Waals surface area contributed by atoms with Gasteiger partial charge in [0.1, 0.15) is 0 Å². The van der Waals surface area contributed by atoms with Crippen molar-refractivity contribution in [3.05, 3.63) is 29.4 Å². The summed E-state index contributed by atoms with van der Waals surface area (Å²) in [6.45, 7) is 13.8. The number of thiazole rings is 1. The zero-order valence-corrected chi connectivity index (χ0v) is 25.6. The predicted molar refractivity (Wildman–Crippen MR) is 158 cm³/mol. The molecule has 2 saturated carbocycles. The number of anilines is 1. The fourth-order valence-corrected chi connectivity index (χ4v) is 7.45. The number of nitrogens with zero attached hydrogens (tertiary/aromatic N) is 1. The lowest BCUT2D eigenvalue weighted by atomic mass is 9.77. The van der Waals surface area contributed by atoms with Crippen molar-refractivity contribution in [2.45, 2.75) is 109 Å². The number of ether oxygens (including phenoxy) is 2. The first-order chi connectivity index (χ1) is 18.4. The second kappa shape index (κ2) is 12.5. The topological polar surface area (TPSA) is 102 Å². The van der Waals surface area contributed by atoms with E-state index < -0.39 is 6.09 Å². The van der Waals surface area contributed by atoms with Gasteiger partial charge in [-0.25, -0.2) is 14.6 Å². The third-order valence-electron chi connectivity index (χ3n) is 6.90. The third-order valence-corrected chi connectivity index (χ3v) is 9.37. The molecule has 3 N–H and O–H groups in total. The van der Waals surface area contributed by atoms with Gasteiger partial charge < -0.3 is 14.8 Å². The van der Waals surface area contributed by atoms with Crippen LogP contribution in [0.5, 0.6) is 0 Å². The molecule has 2 unspecified atom stereocenters. The molecule has 0 radical (unpaired) electrons. The summed E-state index contributed by atoms with van der Waals surface area (Å²) >= 11 is 3.30. The van der Waals surface area contributed by atoms with Crippen molar-refractivity contribution >= 4 is 41.2 Å². The molecule has 10 heteroatoms. The highest BCUT2D eigenvalue weighted by atomic mass is 32.2. The molecule has 2 fully saturated rings. The molecule has 2 atom stereocenters. The third kappa shape index (κ3) is 8.11. The van der Waals surface area contributed by atoms with Gasteiger partial charge in [-0.05, 0) is 110 Å². The van der Waals surface area contributed by atoms with E-state index in [1.165, 1.54) is 0 Å². The molecular formula is C29H42N4O4S2. The molecule has 1 aromatic carbocycles. The summed E-state index contributed by atoms with van der Waals surface area (Å²) in [4.78, 5) is 31.4. The summed E-state index contributed by atoms with van der Waals surface area (Å²) in [5.74, 6) is 1.31. The number of hydrogen-bond donors (Lipinski definition) is 3. The number of nitrogens with one attached hydrogen (secondary N) is 3. The molecule has 4 rings (SSSR count). The van der Waals surface area contributed by atoms with Crippen LogP contribution in [-0.4, -0.2) is 41.0 Å². The van der Waals surface area contributed by atoms with E-state index in [0.29, 0.717) is 23.4 Å². The van der Waals surface area contributed by atoms with Crippen LogP contribution in [-0.2, 0) is 9.47 Å². The van der Waals surface area contributed by atoms with Gasteiger partial charge in [0.2, 0.25) is 0 Å². The van der Waals surface area contributed by atoms with Gasteiger partial charge in [-0.2, -0.15) is 0 Å². The Labute approximate surface area is 240 Å². The molecule has 2 bridgehead atoms. The molecule has 0 aliphatic heterocycles. The van der Waals surface area contributed by atoms with Crippen LogP contribution in [0.15, 0.2) is 29.3 Å². The zero-order chi connectivity index (χ0) is 28.3. The highest BCUT2D eigenvalue weighted by Crippen LogP contribution is 2.50. The predicted octanol–water partition coefficient (Wildman–Crippen LogP) is 7.57. The second-order valence-corrected chi connectivity index (χ2v) is 14.1. The molecular weight excluding hydrogens is 532 g/mol. The number of carbonyl (C=O) groups is 2. The number of amides is 2. The van der Waals surface area contributed by atoms with E-state index in [-0.39, 0.29) is 29.9 Å². The lowest BCUT2D eigenvalue weighted by Crippen LogP contribution is -2.45. The summed E-state index contributed by atoms with van der Waals surface area (Å²) in [5.41, 5.74) is 1.68. The molecule has 2 amide bonds. The molecule has 39 heavy (non-hydrogen) atoms. The van der Waals surface area contributed by atoms with E-state index in [0.717, 1.165) is 46.0 Å². The van der Waals surface area contributed by atoms with Gasteiger partial charge in [-0.1, -0.05) is 6.07 Å². The van der Waals surface area contributed by atoms with E-state index in [1.807, 2.05) is 52.1 Å². The van der Waals surface area contributed by atoms with Crippen LogP contribution >= 0.6 is 23.3 Å². The fourth-order valence-electron chi connectivity index (χ4n) is 5.41. The minimum atomic E-state index is -0.463. The molecule has 0 spiro atoms. The minimum absolute atomic E-state index is 0.0889. The highest BCUT2D eigenvalue weighted by molar-refractivity contribution is 7.97. The lowest BCUT2D eigenvalue weighted by Gasteiger charge is -2.34. The Hall–Kier alpha value is -2.30. The first kappa shape index (κ1) is 29.7. The molecule has 2 aromatic rings. The number of alkyl carbamates (subject to hydrolysis) is 1. The summed E-state index contributed by atoms with van der Waals surface area (Å²) in [5, 5.41) is 7.15. The summed E-state index contributed by atoms with van der Waals surface area (Å²) in [6.07, 6.45) is 5.25. The molecule has 214 valence electrons. The number of aromatic nitrogens is 1. The Kier molecular flexibility index (Phi) is 9.49. The second-order valence-electron chi connectivity index (χ2n) is 12.2. The Bertz CT molecular complexity index is 1150. The van der Waals surface area contributed by atoms with E-state index in [4.69, 9.17) is 14.5 Å². The Balaban J connectivity index is 1.49. The van der Waals surface area contributed by atoms with Crippen LogP contribution in [0.4, 0.5) is 15.3 Å². The maximum absolute atomic E-state index is 12.2. The molecule has 1 heterocycles. The van der Waals surface area contributed by atoms with Crippen LogP contribution in [0, 0.1) is 11.8 Å². The summed E-state index contributed by atoms with van der Waals surface area (Å²) in [7, 11) is 0. The number of hydrogen-bond acceptors (Lipinski definition) is 8. The number of benzene rings is 1. The van der Waals surface area contributed by atoms with E-state index in [2.05, 4.69) is 36.1 Å². The van der Waals surface area contributed by atoms with Gasteiger partial charge in [0, 0.05) is 39.8 Å². The first-order valence-electron chi connectivity index (χ1n) is 13.9. The van der Waals surface area contributed by atoms with Gasteiger partial charge in [0.15, 0.2) is 0 Å². The highest BCUT2D eigenvalue weighted by Gasteiger charge is 2.44. The van der Waals surface area contributed by atoms with E-state index >= 15 is 0 Å². The van der Waals surface area contributed by atoms with E-state index in [9.17, 15) is 9.59 Å². The Morgan fingerprint density at radius 1 is 1.03 bits per heavy atom. The van der Waals surface area contributed by atoms with Crippen molar-refractivity contribution in [2.24, 2.45) is 11.8 Å². The number of rotatable bonds is 8. The normalized spacial score (nSPS) is 22.7. The maximum atomic E-state index is 12.2. The SMILES string of the molecule is CC(C)OC(=O)Nc1ccc(-c2cnc(C3CC4CCC(C3)C4NC(=O)OC(C)C)s2)c(SNC(C)(C)C)c1. The zero-order valence-electron chi connectivity index (χ0n) is 24.0. The maximum Gasteiger partial charge on any atom is 0.411 e. The number of fused-ring (bicyclic) bond motifs is 2. The standard InChI is InChI=1S/C29H42N4O4S2/c1-16(2)36-27(34)31-21-10-11-22(23(14-21)39-33-29(5,6)7)24-15-30-26(38-24)20-12-18-8-9-19(13-20)25(18)32-28(35)37-17(3)4/h10-11,14-20,25,33H,8-9,12-13H2,1-7H3,(H,31,34)(H,32,35). The van der Waals surface area contributed by atoms with Crippen LogP contribution in [0.25, 0.3) is 10.4 Å². The van der Waals surface area contributed by atoms with Crippen molar-refractivity contribution in [1.29, 1.82) is 0 Å². The number of carbonyl (C=O) groups excluding carboxylic acids is 2. The molecule has 2 aliphatic rings. The average molecular weight is 575 g/mol. The van der Waals surface area contributed by atoms with Gasteiger partial charge in [-0.3, -0.25) is 10.0 Å². The Morgan fingerprint density at radius 2 is 1.67 bits per heavy atom. The summed E-state index contributed by atoms with van der Waals surface area (Å²) in [6, 6.07) is 6.12. The first-order valence-corrected chi connectivity index (χ1v) is 15.5. The van der Waals surface area contributed by atoms with Crippen molar-refractivity contribution in [3.63, 3.8) is 0 Å². The van der Waals surface area contributed by atoms with Crippen LogP contribution < -0.4 is 15.4 Å². The Morgan fingerprint density at radius 3 is 2.28 bits per heavy atom. The monoisotopic (exact) mass is 574 g/mol.